The Morgan fingerprint density at radius 3 is 2.70 bits per heavy atom. The van der Waals surface area contributed by atoms with Crippen molar-refractivity contribution in [3.63, 3.8) is 0 Å². The van der Waals surface area contributed by atoms with E-state index in [1.807, 2.05) is 0 Å². The predicted octanol–water partition coefficient (Wildman–Crippen LogP) is 3.62. The van der Waals surface area contributed by atoms with Crippen molar-refractivity contribution in [2.24, 2.45) is 0 Å². The lowest BCUT2D eigenvalue weighted by Gasteiger charge is -2.07. The summed E-state index contributed by atoms with van der Waals surface area (Å²) in [5, 5.41) is 0. The molecule has 20 heavy (non-hydrogen) atoms. The predicted molar refractivity (Wildman–Crippen MR) is 83.3 cm³/mol. The highest BCUT2D eigenvalue weighted by Crippen LogP contribution is 2.41. The SMILES string of the molecule is Cc1ccc(Cc2nc(C3CC3)c(Br)c(=O)[nH]2)cc1C. The van der Waals surface area contributed by atoms with E-state index in [0.717, 1.165) is 24.4 Å². The summed E-state index contributed by atoms with van der Waals surface area (Å²) < 4.78 is 0.601. The molecule has 1 aromatic carbocycles. The number of halogens is 1. The summed E-state index contributed by atoms with van der Waals surface area (Å²) in [6, 6.07) is 6.37. The number of rotatable bonds is 3. The van der Waals surface area contributed by atoms with Gasteiger partial charge in [0.2, 0.25) is 0 Å². The van der Waals surface area contributed by atoms with E-state index in [1.165, 1.54) is 16.7 Å². The first-order valence-corrected chi connectivity index (χ1v) is 7.68. The quantitative estimate of drug-likeness (QED) is 0.932. The number of hydrogen-bond acceptors (Lipinski definition) is 2. The van der Waals surface area contributed by atoms with E-state index in [9.17, 15) is 4.79 Å². The maximum atomic E-state index is 12.0. The third kappa shape index (κ3) is 2.70. The lowest BCUT2D eigenvalue weighted by Crippen LogP contribution is -2.15. The van der Waals surface area contributed by atoms with Crippen molar-refractivity contribution < 1.29 is 0 Å². The topological polar surface area (TPSA) is 45.8 Å². The molecule has 0 aliphatic heterocycles. The molecule has 0 amide bonds. The second-order valence-corrected chi connectivity index (χ2v) is 6.37. The molecular formula is C16H17BrN2O. The van der Waals surface area contributed by atoms with Crippen molar-refractivity contribution in [3.05, 3.63) is 61.2 Å². The van der Waals surface area contributed by atoms with Gasteiger partial charge in [0, 0.05) is 12.3 Å². The second kappa shape index (κ2) is 5.17. The molecule has 3 nitrogen and oxygen atoms in total. The molecule has 4 heteroatoms. The fourth-order valence-corrected chi connectivity index (χ4v) is 2.85. The normalized spacial score (nSPS) is 14.6. The van der Waals surface area contributed by atoms with Crippen LogP contribution in [0.25, 0.3) is 0 Å². The van der Waals surface area contributed by atoms with Crippen LogP contribution in [0.1, 0.15) is 47.0 Å². The molecule has 1 aliphatic rings. The molecule has 104 valence electrons. The van der Waals surface area contributed by atoms with Crippen molar-refractivity contribution in [2.75, 3.05) is 0 Å². The number of aryl methyl sites for hydroxylation is 2. The maximum Gasteiger partial charge on any atom is 0.265 e. The van der Waals surface area contributed by atoms with Gasteiger partial charge in [0.15, 0.2) is 0 Å². The molecule has 3 rings (SSSR count). The second-order valence-electron chi connectivity index (χ2n) is 5.58. The van der Waals surface area contributed by atoms with Crippen molar-refractivity contribution in [2.45, 2.75) is 39.0 Å². The number of aromatic nitrogens is 2. The molecule has 1 saturated carbocycles. The van der Waals surface area contributed by atoms with Gasteiger partial charge in [0.1, 0.15) is 10.3 Å². The molecule has 1 aliphatic carbocycles. The molecule has 1 aromatic heterocycles. The number of hydrogen-bond donors (Lipinski definition) is 1. The van der Waals surface area contributed by atoms with Gasteiger partial charge in [0.25, 0.3) is 5.56 Å². The van der Waals surface area contributed by atoms with E-state index in [1.54, 1.807) is 0 Å². The van der Waals surface area contributed by atoms with E-state index in [-0.39, 0.29) is 5.56 Å². The van der Waals surface area contributed by atoms with Crippen molar-refractivity contribution >= 4 is 15.9 Å². The number of aromatic amines is 1. The lowest BCUT2D eigenvalue weighted by atomic mass is 10.0. The average Bonchev–Trinajstić information content (AvgIpc) is 3.22. The van der Waals surface area contributed by atoms with Gasteiger partial charge in [-0.3, -0.25) is 4.79 Å². The van der Waals surface area contributed by atoms with E-state index < -0.39 is 0 Å². The van der Waals surface area contributed by atoms with E-state index in [0.29, 0.717) is 16.8 Å². The molecule has 0 saturated heterocycles. The van der Waals surface area contributed by atoms with Crippen LogP contribution >= 0.6 is 15.9 Å². The Kier molecular flexibility index (Phi) is 3.50. The smallest absolute Gasteiger partial charge is 0.265 e. The van der Waals surface area contributed by atoms with Crippen molar-refractivity contribution in [1.82, 2.24) is 9.97 Å². The lowest BCUT2D eigenvalue weighted by molar-refractivity contribution is 0.870. The van der Waals surface area contributed by atoms with Gasteiger partial charge in [-0.2, -0.15) is 0 Å². The average molecular weight is 333 g/mol. The fraction of sp³-hybridized carbons (Fsp3) is 0.375. The summed E-state index contributed by atoms with van der Waals surface area (Å²) in [6.45, 7) is 4.20. The number of benzene rings is 1. The Balaban J connectivity index is 1.94. The molecule has 1 fully saturated rings. The van der Waals surface area contributed by atoms with E-state index >= 15 is 0 Å². The molecular weight excluding hydrogens is 316 g/mol. The van der Waals surface area contributed by atoms with Gasteiger partial charge in [-0.25, -0.2) is 4.98 Å². The first-order valence-electron chi connectivity index (χ1n) is 6.89. The zero-order valence-corrected chi connectivity index (χ0v) is 13.3. The molecule has 2 aromatic rings. The van der Waals surface area contributed by atoms with Crippen LogP contribution in [0.5, 0.6) is 0 Å². The first kappa shape index (κ1) is 13.6. The summed E-state index contributed by atoms with van der Waals surface area (Å²) >= 11 is 3.36. The van der Waals surface area contributed by atoms with Crippen LogP contribution in [0, 0.1) is 13.8 Å². The Labute approximate surface area is 126 Å². The Hall–Kier alpha value is -1.42. The minimum absolute atomic E-state index is 0.0688. The highest BCUT2D eigenvalue weighted by atomic mass is 79.9. The van der Waals surface area contributed by atoms with Crippen LogP contribution < -0.4 is 5.56 Å². The van der Waals surface area contributed by atoms with Crippen LogP contribution in [0.2, 0.25) is 0 Å². The van der Waals surface area contributed by atoms with Gasteiger partial charge in [-0.05, 0) is 59.3 Å². The third-order valence-corrected chi connectivity index (χ3v) is 4.61. The van der Waals surface area contributed by atoms with Crippen LogP contribution in [0.4, 0.5) is 0 Å². The highest BCUT2D eigenvalue weighted by molar-refractivity contribution is 9.10. The highest BCUT2D eigenvalue weighted by Gasteiger charge is 2.28. The number of nitrogens with zero attached hydrogens (tertiary/aromatic N) is 1. The van der Waals surface area contributed by atoms with Gasteiger partial charge < -0.3 is 4.98 Å². The summed E-state index contributed by atoms with van der Waals surface area (Å²) in [5.41, 5.74) is 4.59. The van der Waals surface area contributed by atoms with Crippen LogP contribution in [-0.2, 0) is 6.42 Å². The largest absolute Gasteiger partial charge is 0.309 e. The Morgan fingerprint density at radius 2 is 2.05 bits per heavy atom. The minimum Gasteiger partial charge on any atom is -0.309 e. The minimum atomic E-state index is -0.0688. The van der Waals surface area contributed by atoms with Gasteiger partial charge in [0.05, 0.1) is 5.69 Å². The molecule has 0 atom stereocenters. The Morgan fingerprint density at radius 1 is 1.30 bits per heavy atom. The van der Waals surface area contributed by atoms with Gasteiger partial charge in [-0.15, -0.1) is 0 Å². The Bertz CT molecular complexity index is 717. The third-order valence-electron chi connectivity index (χ3n) is 3.84. The summed E-state index contributed by atoms with van der Waals surface area (Å²) in [7, 11) is 0. The molecule has 1 heterocycles. The standard InChI is InChI=1S/C16H17BrN2O/c1-9-3-4-11(7-10(9)2)8-13-18-15(12-5-6-12)14(17)16(20)19-13/h3-4,7,12H,5-6,8H2,1-2H3,(H,18,19,20). The van der Waals surface area contributed by atoms with Crippen LogP contribution in [0.3, 0.4) is 0 Å². The summed E-state index contributed by atoms with van der Waals surface area (Å²) in [4.78, 5) is 19.5. The van der Waals surface area contributed by atoms with E-state index in [4.69, 9.17) is 0 Å². The zero-order chi connectivity index (χ0) is 14.3. The molecule has 0 unspecified atom stereocenters. The van der Waals surface area contributed by atoms with Crippen molar-refractivity contribution in [1.29, 1.82) is 0 Å². The van der Waals surface area contributed by atoms with Gasteiger partial charge in [-0.1, -0.05) is 18.2 Å². The molecule has 0 bridgehead atoms. The van der Waals surface area contributed by atoms with Gasteiger partial charge >= 0.3 is 0 Å². The van der Waals surface area contributed by atoms with Crippen molar-refractivity contribution in [3.8, 4) is 0 Å². The number of nitrogens with one attached hydrogen (secondary N) is 1. The van der Waals surface area contributed by atoms with Crippen LogP contribution in [0.15, 0.2) is 27.5 Å². The van der Waals surface area contributed by atoms with Crippen LogP contribution in [-0.4, -0.2) is 9.97 Å². The molecule has 0 radical (unpaired) electrons. The summed E-state index contributed by atoms with van der Waals surface area (Å²) in [6.07, 6.45) is 2.94. The maximum absolute atomic E-state index is 12.0. The molecule has 0 spiro atoms. The fourth-order valence-electron chi connectivity index (χ4n) is 2.34. The van der Waals surface area contributed by atoms with E-state index in [2.05, 4.69) is 57.9 Å². The summed E-state index contributed by atoms with van der Waals surface area (Å²) in [5.74, 6) is 1.22. The zero-order valence-electron chi connectivity index (χ0n) is 11.7. The monoisotopic (exact) mass is 332 g/mol. The molecule has 1 N–H and O–H groups in total. The number of H-pyrrole nitrogens is 1. The first-order chi connectivity index (χ1) is 9.54.